The van der Waals surface area contributed by atoms with Gasteiger partial charge in [-0.05, 0) is 55.3 Å². The summed E-state index contributed by atoms with van der Waals surface area (Å²) in [6.07, 6.45) is 1.87. The molecule has 1 fully saturated rings. The van der Waals surface area contributed by atoms with Gasteiger partial charge in [-0.25, -0.2) is 0 Å². The molecule has 2 aromatic carbocycles. The molecule has 3 amide bonds. The van der Waals surface area contributed by atoms with Crippen LogP contribution in [0, 0.1) is 5.92 Å². The number of rotatable bonds is 9. The Morgan fingerprint density at radius 1 is 0.967 bits per heavy atom. The van der Waals surface area contributed by atoms with Gasteiger partial charge in [0.25, 0.3) is 11.8 Å². The molecule has 0 unspecified atom stereocenters. The number of halogens is 2. The van der Waals surface area contributed by atoms with Crippen molar-refractivity contribution in [2.45, 2.75) is 12.8 Å². The van der Waals surface area contributed by atoms with E-state index in [0.29, 0.717) is 27.0 Å². The molecule has 0 radical (unpaired) electrons. The maximum Gasteiger partial charge on any atom is 0.258 e. The van der Waals surface area contributed by atoms with Crippen LogP contribution in [0.25, 0.3) is 0 Å². The number of amides is 3. The van der Waals surface area contributed by atoms with Crippen molar-refractivity contribution >= 4 is 46.6 Å². The minimum absolute atomic E-state index is 0.0188. The average Bonchev–Trinajstić information content (AvgIpc) is 3.56. The Morgan fingerprint density at radius 3 is 2.33 bits per heavy atom. The van der Waals surface area contributed by atoms with Crippen LogP contribution in [0.5, 0.6) is 5.75 Å². The van der Waals surface area contributed by atoms with Crippen LogP contribution in [-0.4, -0.2) is 37.4 Å². The molecule has 158 valence electrons. The van der Waals surface area contributed by atoms with Gasteiger partial charge in [-0.1, -0.05) is 23.2 Å². The highest BCUT2D eigenvalue weighted by atomic mass is 35.5. The normalized spacial score (nSPS) is 12.7. The van der Waals surface area contributed by atoms with Crippen molar-refractivity contribution in [1.82, 2.24) is 10.6 Å². The molecule has 1 aliphatic rings. The molecule has 30 heavy (non-hydrogen) atoms. The van der Waals surface area contributed by atoms with Crippen molar-refractivity contribution in [3.05, 3.63) is 58.1 Å². The Morgan fingerprint density at radius 2 is 1.67 bits per heavy atom. The minimum Gasteiger partial charge on any atom is -0.482 e. The topological polar surface area (TPSA) is 96.5 Å². The van der Waals surface area contributed by atoms with Gasteiger partial charge in [0, 0.05) is 35.3 Å². The van der Waals surface area contributed by atoms with Gasteiger partial charge in [-0.15, -0.1) is 0 Å². The van der Waals surface area contributed by atoms with Gasteiger partial charge in [0.05, 0.1) is 5.02 Å². The molecular formula is C21H21Cl2N3O4. The van der Waals surface area contributed by atoms with E-state index in [1.54, 1.807) is 36.4 Å². The Hall–Kier alpha value is -2.77. The van der Waals surface area contributed by atoms with Crippen molar-refractivity contribution in [2.75, 3.05) is 25.0 Å². The van der Waals surface area contributed by atoms with Crippen LogP contribution in [-0.2, 0) is 9.59 Å². The summed E-state index contributed by atoms with van der Waals surface area (Å²) in [5, 5.41) is 8.97. The van der Waals surface area contributed by atoms with Gasteiger partial charge in [0.1, 0.15) is 5.75 Å². The first-order valence-corrected chi connectivity index (χ1v) is 10.2. The van der Waals surface area contributed by atoms with Crippen molar-refractivity contribution in [2.24, 2.45) is 5.92 Å². The lowest BCUT2D eigenvalue weighted by Gasteiger charge is -2.10. The van der Waals surface area contributed by atoms with Crippen molar-refractivity contribution in [3.8, 4) is 5.75 Å². The second kappa shape index (κ2) is 10.3. The summed E-state index contributed by atoms with van der Waals surface area (Å²) in [5.74, 6) is -0.108. The molecule has 2 aromatic rings. The van der Waals surface area contributed by atoms with Crippen LogP contribution in [0.3, 0.4) is 0 Å². The highest BCUT2D eigenvalue weighted by Crippen LogP contribution is 2.30. The van der Waals surface area contributed by atoms with E-state index in [9.17, 15) is 14.4 Å². The van der Waals surface area contributed by atoms with E-state index in [-0.39, 0.29) is 43.3 Å². The minimum atomic E-state index is -0.342. The monoisotopic (exact) mass is 449 g/mol. The van der Waals surface area contributed by atoms with E-state index in [2.05, 4.69) is 16.0 Å². The van der Waals surface area contributed by atoms with Crippen LogP contribution in [0.15, 0.2) is 42.5 Å². The van der Waals surface area contributed by atoms with Gasteiger partial charge in [-0.2, -0.15) is 0 Å². The number of carbonyl (C=O) groups is 3. The van der Waals surface area contributed by atoms with Gasteiger partial charge >= 0.3 is 0 Å². The average molecular weight is 450 g/mol. The molecule has 1 saturated carbocycles. The van der Waals surface area contributed by atoms with Crippen molar-refractivity contribution < 1.29 is 19.1 Å². The first kappa shape index (κ1) is 21.9. The summed E-state index contributed by atoms with van der Waals surface area (Å²) >= 11 is 11.8. The molecule has 3 rings (SSSR count). The number of anilines is 1. The number of hydrogen-bond donors (Lipinski definition) is 3. The van der Waals surface area contributed by atoms with Gasteiger partial charge < -0.3 is 20.7 Å². The second-order valence-corrected chi connectivity index (χ2v) is 7.65. The Kier molecular flexibility index (Phi) is 7.54. The van der Waals surface area contributed by atoms with E-state index >= 15 is 0 Å². The predicted molar refractivity (Wildman–Crippen MR) is 115 cm³/mol. The standard InChI is InChI=1S/C21H21Cl2N3O4/c22-15-5-8-18(17(23)11-15)30-12-19(27)24-9-10-25-20(28)13-3-6-16(7-4-13)26-21(29)14-1-2-14/h3-8,11,14H,1-2,9-10,12H2,(H,24,27)(H,25,28)(H,26,29). The smallest absolute Gasteiger partial charge is 0.258 e. The van der Waals surface area contributed by atoms with Crippen LogP contribution < -0.4 is 20.7 Å². The van der Waals surface area contributed by atoms with Crippen LogP contribution in [0.2, 0.25) is 10.0 Å². The Bertz CT molecular complexity index is 930. The fraction of sp³-hybridized carbons (Fsp3) is 0.286. The van der Waals surface area contributed by atoms with E-state index in [0.717, 1.165) is 12.8 Å². The second-order valence-electron chi connectivity index (χ2n) is 6.81. The Labute approximate surface area is 184 Å². The van der Waals surface area contributed by atoms with E-state index in [4.69, 9.17) is 27.9 Å². The molecule has 0 saturated heterocycles. The molecule has 0 aromatic heterocycles. The zero-order chi connectivity index (χ0) is 21.5. The summed E-state index contributed by atoms with van der Waals surface area (Å²) in [7, 11) is 0. The SMILES string of the molecule is O=C(COc1ccc(Cl)cc1Cl)NCCNC(=O)c1ccc(NC(=O)C2CC2)cc1. The third kappa shape index (κ3) is 6.64. The first-order valence-electron chi connectivity index (χ1n) is 9.46. The maximum atomic E-state index is 12.2. The van der Waals surface area contributed by atoms with Gasteiger partial charge in [0.15, 0.2) is 6.61 Å². The van der Waals surface area contributed by atoms with E-state index in [1.807, 2.05) is 0 Å². The Balaban J connectivity index is 1.33. The third-order valence-electron chi connectivity index (χ3n) is 4.35. The predicted octanol–water partition coefficient (Wildman–Crippen LogP) is 3.27. The number of benzene rings is 2. The van der Waals surface area contributed by atoms with Gasteiger partial charge in [-0.3, -0.25) is 14.4 Å². The van der Waals surface area contributed by atoms with Crippen LogP contribution in [0.1, 0.15) is 23.2 Å². The van der Waals surface area contributed by atoms with Crippen LogP contribution in [0.4, 0.5) is 5.69 Å². The number of carbonyl (C=O) groups excluding carboxylic acids is 3. The summed E-state index contributed by atoms with van der Waals surface area (Å²) in [6.45, 7) is 0.299. The molecule has 3 N–H and O–H groups in total. The highest BCUT2D eigenvalue weighted by Gasteiger charge is 2.29. The number of ether oxygens (including phenoxy) is 1. The molecule has 1 aliphatic carbocycles. The van der Waals surface area contributed by atoms with Crippen molar-refractivity contribution in [1.29, 1.82) is 0 Å². The van der Waals surface area contributed by atoms with Crippen LogP contribution >= 0.6 is 23.2 Å². The lowest BCUT2D eigenvalue weighted by Crippen LogP contribution is -2.36. The van der Waals surface area contributed by atoms with Crippen molar-refractivity contribution in [3.63, 3.8) is 0 Å². The van der Waals surface area contributed by atoms with E-state index < -0.39 is 0 Å². The molecule has 0 atom stereocenters. The summed E-state index contributed by atoms with van der Waals surface area (Å²) in [5.41, 5.74) is 1.13. The fourth-order valence-corrected chi connectivity index (χ4v) is 3.02. The third-order valence-corrected chi connectivity index (χ3v) is 4.88. The molecule has 0 aliphatic heterocycles. The highest BCUT2D eigenvalue weighted by molar-refractivity contribution is 6.35. The zero-order valence-corrected chi connectivity index (χ0v) is 17.6. The largest absolute Gasteiger partial charge is 0.482 e. The van der Waals surface area contributed by atoms with Gasteiger partial charge in [0.2, 0.25) is 5.91 Å². The quantitative estimate of drug-likeness (QED) is 0.511. The number of nitrogens with one attached hydrogen (secondary N) is 3. The van der Waals surface area contributed by atoms with E-state index in [1.165, 1.54) is 6.07 Å². The molecule has 0 bridgehead atoms. The zero-order valence-electron chi connectivity index (χ0n) is 16.0. The first-order chi connectivity index (χ1) is 14.4. The molecule has 9 heteroatoms. The summed E-state index contributed by atoms with van der Waals surface area (Å²) in [4.78, 5) is 35.7. The molecule has 7 nitrogen and oxygen atoms in total. The molecule has 0 heterocycles. The summed E-state index contributed by atoms with van der Waals surface area (Å²) < 4.78 is 5.34. The molecule has 0 spiro atoms. The number of hydrogen-bond acceptors (Lipinski definition) is 4. The lowest BCUT2D eigenvalue weighted by atomic mass is 10.2. The maximum absolute atomic E-state index is 12.2. The fourth-order valence-electron chi connectivity index (χ4n) is 2.56. The lowest BCUT2D eigenvalue weighted by molar-refractivity contribution is -0.123. The summed E-state index contributed by atoms with van der Waals surface area (Å²) in [6, 6.07) is 11.4. The molecular weight excluding hydrogens is 429 g/mol.